The average Bonchev–Trinajstić information content (AvgIpc) is 2.54. The molecule has 140 valence electrons. The zero-order valence-electron chi connectivity index (χ0n) is 15.3. The lowest BCUT2D eigenvalue weighted by molar-refractivity contribution is 0.0497. The van der Waals surface area contributed by atoms with Gasteiger partial charge in [0.1, 0.15) is 0 Å². The van der Waals surface area contributed by atoms with Crippen molar-refractivity contribution >= 4 is 12.2 Å². The van der Waals surface area contributed by atoms with Crippen molar-refractivity contribution in [3.63, 3.8) is 0 Å². The minimum absolute atomic E-state index is 0.0344. The monoisotopic (exact) mass is 342 g/mol. The Morgan fingerprint density at radius 2 is 1.29 bits per heavy atom. The summed E-state index contributed by atoms with van der Waals surface area (Å²) in [5.74, 6) is 0. The lowest BCUT2D eigenvalue weighted by Crippen LogP contribution is -2.52. The molecule has 6 heteroatoms. The fourth-order valence-electron chi connectivity index (χ4n) is 3.14. The summed E-state index contributed by atoms with van der Waals surface area (Å²) in [6, 6.07) is -0.0344. The summed E-state index contributed by atoms with van der Waals surface area (Å²) in [6.45, 7) is 4.06. The SMILES string of the molecule is CCOC(=O)NN(C(=O)OCC)C1CCCCCCCCCCC1. The topological polar surface area (TPSA) is 67.9 Å². The number of carbonyl (C=O) groups is 2. The van der Waals surface area contributed by atoms with E-state index in [0.717, 1.165) is 25.7 Å². The molecule has 0 spiro atoms. The van der Waals surface area contributed by atoms with Crippen LogP contribution in [0.2, 0.25) is 0 Å². The lowest BCUT2D eigenvalue weighted by Gasteiger charge is -2.31. The van der Waals surface area contributed by atoms with Gasteiger partial charge in [0.15, 0.2) is 0 Å². The largest absolute Gasteiger partial charge is 0.449 e. The first-order valence-electron chi connectivity index (χ1n) is 9.58. The van der Waals surface area contributed by atoms with Crippen molar-refractivity contribution in [3.8, 4) is 0 Å². The van der Waals surface area contributed by atoms with Crippen molar-refractivity contribution < 1.29 is 19.1 Å². The van der Waals surface area contributed by atoms with Gasteiger partial charge in [-0.2, -0.15) is 0 Å². The molecule has 6 nitrogen and oxygen atoms in total. The Labute approximate surface area is 146 Å². The Bertz CT molecular complexity index is 351. The summed E-state index contributed by atoms with van der Waals surface area (Å²) in [4.78, 5) is 24.1. The maximum atomic E-state index is 12.3. The summed E-state index contributed by atoms with van der Waals surface area (Å²) in [7, 11) is 0. The average molecular weight is 342 g/mol. The molecule has 2 amide bonds. The minimum atomic E-state index is -0.600. The fraction of sp³-hybridized carbons (Fsp3) is 0.889. The Balaban J connectivity index is 2.71. The second-order valence-corrected chi connectivity index (χ2v) is 6.31. The molecule has 0 unspecified atom stereocenters. The first kappa shape index (κ1) is 20.6. The molecule has 0 atom stereocenters. The molecule has 0 aromatic carbocycles. The molecule has 0 bridgehead atoms. The van der Waals surface area contributed by atoms with Crippen LogP contribution in [0.1, 0.15) is 84.5 Å². The first-order valence-corrected chi connectivity index (χ1v) is 9.58. The highest BCUT2D eigenvalue weighted by atomic mass is 16.6. The summed E-state index contributed by atoms with van der Waals surface area (Å²) < 4.78 is 10.1. The maximum Gasteiger partial charge on any atom is 0.429 e. The number of nitrogens with one attached hydrogen (secondary N) is 1. The number of amides is 2. The molecule has 0 aliphatic heterocycles. The van der Waals surface area contributed by atoms with Gasteiger partial charge in [-0.15, -0.1) is 0 Å². The molecule has 1 aliphatic carbocycles. The predicted octanol–water partition coefficient (Wildman–Crippen LogP) is 4.78. The van der Waals surface area contributed by atoms with E-state index >= 15 is 0 Å². The van der Waals surface area contributed by atoms with E-state index in [0.29, 0.717) is 0 Å². The third-order valence-corrected chi connectivity index (χ3v) is 4.39. The third kappa shape index (κ3) is 8.41. The van der Waals surface area contributed by atoms with Crippen LogP contribution in [0.5, 0.6) is 0 Å². The van der Waals surface area contributed by atoms with E-state index in [4.69, 9.17) is 9.47 Å². The summed E-state index contributed by atoms with van der Waals surface area (Å²) in [6.07, 6.45) is 11.6. The molecule has 1 saturated carbocycles. The van der Waals surface area contributed by atoms with Crippen molar-refractivity contribution in [2.75, 3.05) is 13.2 Å². The van der Waals surface area contributed by atoms with Crippen LogP contribution in [0.3, 0.4) is 0 Å². The highest BCUT2D eigenvalue weighted by Gasteiger charge is 2.27. The number of hydrazine groups is 1. The Kier molecular flexibility index (Phi) is 11.1. The highest BCUT2D eigenvalue weighted by Crippen LogP contribution is 2.20. The molecule has 0 saturated heterocycles. The third-order valence-electron chi connectivity index (χ3n) is 4.39. The Morgan fingerprint density at radius 3 is 1.75 bits per heavy atom. The van der Waals surface area contributed by atoms with E-state index in [1.165, 1.54) is 50.0 Å². The van der Waals surface area contributed by atoms with Gasteiger partial charge >= 0.3 is 12.2 Å². The number of rotatable bonds is 3. The van der Waals surface area contributed by atoms with Crippen molar-refractivity contribution in [3.05, 3.63) is 0 Å². The number of hydrogen-bond acceptors (Lipinski definition) is 4. The zero-order chi connectivity index (χ0) is 17.6. The van der Waals surface area contributed by atoms with Crippen LogP contribution >= 0.6 is 0 Å². The molecular formula is C18H34N2O4. The van der Waals surface area contributed by atoms with Gasteiger partial charge in [0.2, 0.25) is 0 Å². The molecule has 0 radical (unpaired) electrons. The standard InChI is InChI=1S/C18H34N2O4/c1-3-23-17(21)19-20(18(22)24-4-2)16-14-12-10-8-6-5-7-9-11-13-15-16/h16H,3-15H2,1-2H3,(H,19,21). The smallest absolute Gasteiger partial charge is 0.429 e. The van der Waals surface area contributed by atoms with Gasteiger partial charge in [0.05, 0.1) is 19.3 Å². The van der Waals surface area contributed by atoms with Gasteiger partial charge in [-0.05, 0) is 26.7 Å². The van der Waals surface area contributed by atoms with Crippen LogP contribution in [0.25, 0.3) is 0 Å². The number of carbonyl (C=O) groups excluding carboxylic acids is 2. The number of hydrogen-bond donors (Lipinski definition) is 1. The molecule has 1 N–H and O–H groups in total. The molecular weight excluding hydrogens is 308 g/mol. The van der Waals surface area contributed by atoms with Crippen LogP contribution < -0.4 is 5.43 Å². The van der Waals surface area contributed by atoms with Gasteiger partial charge in [0.25, 0.3) is 0 Å². The summed E-state index contributed by atoms with van der Waals surface area (Å²) in [5.41, 5.74) is 2.58. The second kappa shape index (κ2) is 12.9. The number of nitrogens with zero attached hydrogens (tertiary/aromatic N) is 1. The molecule has 0 aromatic rings. The second-order valence-electron chi connectivity index (χ2n) is 6.31. The maximum absolute atomic E-state index is 12.3. The van der Waals surface area contributed by atoms with Crippen LogP contribution in [-0.4, -0.2) is 36.5 Å². The lowest BCUT2D eigenvalue weighted by atomic mass is 9.98. The van der Waals surface area contributed by atoms with Gasteiger partial charge in [-0.3, -0.25) is 0 Å². The quantitative estimate of drug-likeness (QED) is 0.750. The van der Waals surface area contributed by atoms with E-state index < -0.39 is 12.2 Å². The molecule has 1 aliphatic rings. The Hall–Kier alpha value is -1.46. The van der Waals surface area contributed by atoms with Crippen molar-refractivity contribution in [2.24, 2.45) is 0 Å². The molecule has 1 rings (SSSR count). The van der Waals surface area contributed by atoms with Crippen molar-refractivity contribution in [1.82, 2.24) is 10.4 Å². The normalized spacial score (nSPS) is 17.9. The van der Waals surface area contributed by atoms with E-state index in [1.54, 1.807) is 13.8 Å². The minimum Gasteiger partial charge on any atom is -0.449 e. The predicted molar refractivity (Wildman–Crippen MR) is 93.6 cm³/mol. The van der Waals surface area contributed by atoms with Gasteiger partial charge in [0, 0.05) is 0 Å². The summed E-state index contributed by atoms with van der Waals surface area (Å²) >= 11 is 0. The van der Waals surface area contributed by atoms with Gasteiger partial charge < -0.3 is 9.47 Å². The van der Waals surface area contributed by atoms with E-state index in [1.807, 2.05) is 0 Å². The number of ether oxygens (including phenoxy) is 2. The van der Waals surface area contributed by atoms with Crippen molar-refractivity contribution in [1.29, 1.82) is 0 Å². The Morgan fingerprint density at radius 1 is 0.833 bits per heavy atom. The summed E-state index contributed by atoms with van der Waals surface area (Å²) in [5, 5.41) is 1.35. The molecule has 1 fully saturated rings. The van der Waals surface area contributed by atoms with E-state index in [9.17, 15) is 9.59 Å². The molecule has 0 aromatic heterocycles. The highest BCUT2D eigenvalue weighted by molar-refractivity contribution is 5.74. The van der Waals surface area contributed by atoms with Crippen LogP contribution in [-0.2, 0) is 9.47 Å². The van der Waals surface area contributed by atoms with Gasteiger partial charge in [-0.25, -0.2) is 20.0 Å². The van der Waals surface area contributed by atoms with E-state index in [-0.39, 0.29) is 19.3 Å². The van der Waals surface area contributed by atoms with Crippen LogP contribution in [0.4, 0.5) is 9.59 Å². The van der Waals surface area contributed by atoms with Crippen molar-refractivity contribution in [2.45, 2.75) is 90.5 Å². The van der Waals surface area contributed by atoms with E-state index in [2.05, 4.69) is 5.43 Å². The molecule has 24 heavy (non-hydrogen) atoms. The zero-order valence-corrected chi connectivity index (χ0v) is 15.3. The fourth-order valence-corrected chi connectivity index (χ4v) is 3.14. The first-order chi connectivity index (χ1) is 11.7. The van der Waals surface area contributed by atoms with Crippen LogP contribution in [0, 0.1) is 0 Å². The van der Waals surface area contributed by atoms with Crippen LogP contribution in [0.15, 0.2) is 0 Å². The molecule has 0 heterocycles. The van der Waals surface area contributed by atoms with Gasteiger partial charge in [-0.1, -0.05) is 57.8 Å².